The van der Waals surface area contributed by atoms with Crippen molar-refractivity contribution in [2.24, 2.45) is 0 Å². The van der Waals surface area contributed by atoms with Crippen LogP contribution in [0.2, 0.25) is 0 Å². The molecule has 0 fully saturated rings. The number of aromatic nitrogens is 2. The number of anilines is 1. The summed E-state index contributed by atoms with van der Waals surface area (Å²) in [4.78, 5) is 29.7. The van der Waals surface area contributed by atoms with Crippen LogP contribution in [0.5, 0.6) is 0 Å². The number of ether oxygens (including phenoxy) is 1. The number of fused-ring (bicyclic) bond motifs is 1. The lowest BCUT2D eigenvalue weighted by Gasteiger charge is -2.11. The van der Waals surface area contributed by atoms with E-state index in [0.717, 1.165) is 11.5 Å². The number of aryl methyl sites for hydroxylation is 1. The van der Waals surface area contributed by atoms with E-state index in [1.165, 1.54) is 21.8 Å². The van der Waals surface area contributed by atoms with Crippen LogP contribution in [0.25, 0.3) is 4.96 Å². The molecule has 28 heavy (non-hydrogen) atoms. The molecule has 0 aliphatic rings. The number of carbonyl (C=O) groups excluding carboxylic acids is 1. The van der Waals surface area contributed by atoms with E-state index in [4.69, 9.17) is 9.15 Å². The van der Waals surface area contributed by atoms with Gasteiger partial charge in [-0.2, -0.15) is 0 Å². The Bertz CT molecular complexity index is 1180. The van der Waals surface area contributed by atoms with E-state index in [-0.39, 0.29) is 12.2 Å². The van der Waals surface area contributed by atoms with Gasteiger partial charge in [-0.1, -0.05) is 12.1 Å². The fourth-order valence-electron chi connectivity index (χ4n) is 2.80. The van der Waals surface area contributed by atoms with Crippen LogP contribution in [0.15, 0.2) is 63.3 Å². The molecule has 1 N–H and O–H groups in total. The number of esters is 1. The van der Waals surface area contributed by atoms with Crippen LogP contribution in [-0.4, -0.2) is 15.4 Å². The van der Waals surface area contributed by atoms with Crippen LogP contribution in [0, 0.1) is 6.92 Å². The first-order valence-electron chi connectivity index (χ1n) is 8.61. The maximum atomic E-state index is 12.6. The fraction of sp³-hybridized carbons (Fsp3) is 0.150. The molecule has 3 aromatic heterocycles. The summed E-state index contributed by atoms with van der Waals surface area (Å²) < 4.78 is 12.2. The first-order valence-corrected chi connectivity index (χ1v) is 9.49. The van der Waals surface area contributed by atoms with Crippen molar-refractivity contribution in [3.63, 3.8) is 0 Å². The Balaban J connectivity index is 1.47. The van der Waals surface area contributed by atoms with Gasteiger partial charge in [0.15, 0.2) is 4.96 Å². The van der Waals surface area contributed by atoms with Gasteiger partial charge in [-0.3, -0.25) is 9.20 Å². The Morgan fingerprint density at radius 2 is 2.14 bits per heavy atom. The summed E-state index contributed by atoms with van der Waals surface area (Å²) >= 11 is 1.37. The third kappa shape index (κ3) is 3.67. The maximum absolute atomic E-state index is 12.6. The molecule has 4 aromatic rings. The maximum Gasteiger partial charge on any atom is 0.340 e. The van der Waals surface area contributed by atoms with Crippen molar-refractivity contribution in [2.45, 2.75) is 20.1 Å². The molecule has 0 bridgehead atoms. The van der Waals surface area contributed by atoms with Crippen molar-refractivity contribution >= 4 is 28.0 Å². The lowest BCUT2D eigenvalue weighted by Crippen LogP contribution is -2.16. The molecule has 1 aromatic carbocycles. The minimum Gasteiger partial charge on any atom is -0.467 e. The molecule has 0 aliphatic heterocycles. The quantitative estimate of drug-likeness (QED) is 0.502. The van der Waals surface area contributed by atoms with Gasteiger partial charge in [-0.15, -0.1) is 11.3 Å². The van der Waals surface area contributed by atoms with E-state index in [1.807, 2.05) is 24.4 Å². The van der Waals surface area contributed by atoms with E-state index >= 15 is 0 Å². The number of nitrogens with one attached hydrogen (secondary N) is 1. The van der Waals surface area contributed by atoms with E-state index in [0.29, 0.717) is 28.5 Å². The van der Waals surface area contributed by atoms with Gasteiger partial charge in [0.2, 0.25) is 0 Å². The van der Waals surface area contributed by atoms with Gasteiger partial charge in [0.1, 0.15) is 12.4 Å². The van der Waals surface area contributed by atoms with Gasteiger partial charge in [-0.05, 0) is 31.2 Å². The normalized spacial score (nSPS) is 10.9. The highest BCUT2D eigenvalue weighted by Gasteiger charge is 2.14. The predicted octanol–water partition coefficient (Wildman–Crippen LogP) is 3.63. The summed E-state index contributed by atoms with van der Waals surface area (Å²) in [5.41, 5.74) is 2.11. The lowest BCUT2D eigenvalue weighted by atomic mass is 10.2. The highest BCUT2D eigenvalue weighted by atomic mass is 32.1. The molecule has 0 aliphatic carbocycles. The predicted molar refractivity (Wildman–Crippen MR) is 106 cm³/mol. The summed E-state index contributed by atoms with van der Waals surface area (Å²) in [6.07, 6.45) is 1.60. The number of para-hydroxylation sites is 1. The number of thiazole rings is 1. The first kappa shape index (κ1) is 18.0. The zero-order valence-corrected chi connectivity index (χ0v) is 15.9. The Morgan fingerprint density at radius 3 is 2.96 bits per heavy atom. The van der Waals surface area contributed by atoms with Crippen LogP contribution in [-0.2, 0) is 17.9 Å². The summed E-state index contributed by atoms with van der Waals surface area (Å²) in [5.74, 6) is 0.263. The second-order valence-electron chi connectivity index (χ2n) is 6.14. The Morgan fingerprint density at radius 1 is 1.29 bits per heavy atom. The molecular weight excluding hydrogens is 378 g/mol. The highest BCUT2D eigenvalue weighted by molar-refractivity contribution is 7.15. The Hall–Kier alpha value is -3.39. The van der Waals surface area contributed by atoms with Crippen LogP contribution in [0.1, 0.15) is 27.5 Å². The standard InChI is InChI=1S/C20H17N3O4S/c1-13-12-28-20-22-14(9-18(24)23(13)20)11-27-19(25)16-6-2-3-7-17(16)21-10-15-5-4-8-26-15/h2-9,12,21H,10-11H2,1H3. The summed E-state index contributed by atoms with van der Waals surface area (Å²) in [7, 11) is 0. The molecule has 0 spiro atoms. The molecule has 4 rings (SSSR count). The topological polar surface area (TPSA) is 85.8 Å². The molecule has 0 unspecified atom stereocenters. The molecule has 3 heterocycles. The van der Waals surface area contributed by atoms with Gasteiger partial charge in [0.05, 0.1) is 24.1 Å². The van der Waals surface area contributed by atoms with Crippen molar-refractivity contribution < 1.29 is 13.9 Å². The number of carbonyl (C=O) groups is 1. The number of hydrogen-bond acceptors (Lipinski definition) is 7. The van der Waals surface area contributed by atoms with Gasteiger partial charge >= 0.3 is 5.97 Å². The molecule has 0 radical (unpaired) electrons. The molecule has 142 valence electrons. The van der Waals surface area contributed by atoms with Gasteiger partial charge in [-0.25, -0.2) is 9.78 Å². The molecule has 0 amide bonds. The Labute approximate surface area is 164 Å². The third-order valence-corrected chi connectivity index (χ3v) is 5.10. The molecule has 8 heteroatoms. The summed E-state index contributed by atoms with van der Waals surface area (Å²) in [6.45, 7) is 2.22. The molecule has 7 nitrogen and oxygen atoms in total. The van der Waals surface area contributed by atoms with E-state index in [2.05, 4.69) is 10.3 Å². The minimum absolute atomic E-state index is 0.0754. The Kier molecular flexibility index (Phi) is 4.94. The second-order valence-corrected chi connectivity index (χ2v) is 6.97. The van der Waals surface area contributed by atoms with E-state index < -0.39 is 5.97 Å². The minimum atomic E-state index is -0.494. The number of hydrogen-bond donors (Lipinski definition) is 1. The van der Waals surface area contributed by atoms with Gasteiger partial charge in [0.25, 0.3) is 5.56 Å². The van der Waals surface area contributed by atoms with Crippen molar-refractivity contribution in [3.05, 3.63) is 87.2 Å². The summed E-state index contributed by atoms with van der Waals surface area (Å²) in [6, 6.07) is 12.1. The second kappa shape index (κ2) is 7.69. The SMILES string of the molecule is Cc1csc2nc(COC(=O)c3ccccc3NCc3ccco3)cc(=O)n12. The van der Waals surface area contributed by atoms with Crippen LogP contribution < -0.4 is 10.9 Å². The fourth-order valence-corrected chi connectivity index (χ4v) is 3.69. The largest absolute Gasteiger partial charge is 0.467 e. The number of rotatable bonds is 6. The van der Waals surface area contributed by atoms with Crippen LogP contribution in [0.4, 0.5) is 5.69 Å². The van der Waals surface area contributed by atoms with Gasteiger partial charge in [0, 0.05) is 22.8 Å². The van der Waals surface area contributed by atoms with Crippen LogP contribution in [0.3, 0.4) is 0 Å². The molecule has 0 atom stereocenters. The monoisotopic (exact) mass is 395 g/mol. The smallest absolute Gasteiger partial charge is 0.340 e. The van der Waals surface area contributed by atoms with Crippen molar-refractivity contribution in [1.29, 1.82) is 0 Å². The molecular formula is C20H17N3O4S. The number of furan rings is 1. The zero-order valence-electron chi connectivity index (χ0n) is 15.0. The summed E-state index contributed by atoms with van der Waals surface area (Å²) in [5, 5.41) is 5.03. The average Bonchev–Trinajstić information content (AvgIpc) is 3.35. The van der Waals surface area contributed by atoms with Crippen molar-refractivity contribution in [2.75, 3.05) is 5.32 Å². The first-order chi connectivity index (χ1) is 13.6. The molecule has 0 saturated carbocycles. The highest BCUT2D eigenvalue weighted by Crippen LogP contribution is 2.18. The average molecular weight is 395 g/mol. The number of nitrogens with zero attached hydrogens (tertiary/aromatic N) is 2. The third-order valence-electron chi connectivity index (χ3n) is 4.16. The van der Waals surface area contributed by atoms with Crippen LogP contribution >= 0.6 is 11.3 Å². The number of benzene rings is 1. The van der Waals surface area contributed by atoms with Crippen molar-refractivity contribution in [1.82, 2.24) is 9.38 Å². The lowest BCUT2D eigenvalue weighted by molar-refractivity contribution is 0.0469. The van der Waals surface area contributed by atoms with E-state index in [9.17, 15) is 9.59 Å². The molecule has 0 saturated heterocycles. The van der Waals surface area contributed by atoms with Gasteiger partial charge < -0.3 is 14.5 Å². The zero-order chi connectivity index (χ0) is 19.5. The van der Waals surface area contributed by atoms with E-state index in [1.54, 1.807) is 30.5 Å². The van der Waals surface area contributed by atoms with Crippen molar-refractivity contribution in [3.8, 4) is 0 Å².